The first-order valence-electron chi connectivity index (χ1n) is 7.87. The first-order chi connectivity index (χ1) is 13.0. The zero-order chi connectivity index (χ0) is 19.8. The van der Waals surface area contributed by atoms with Crippen molar-refractivity contribution in [3.8, 4) is 0 Å². The van der Waals surface area contributed by atoms with Crippen molar-refractivity contribution in [1.82, 2.24) is 0 Å². The topological polar surface area (TPSA) is 69.5 Å². The van der Waals surface area contributed by atoms with Crippen LogP contribution >= 0.6 is 23.2 Å². The number of hydrogen-bond donors (Lipinski definition) is 0. The fourth-order valence-corrected chi connectivity index (χ4v) is 2.80. The maximum Gasteiger partial charge on any atom is 0.360 e. The minimum absolute atomic E-state index is 0.0431. The second kappa shape index (κ2) is 9.94. The summed E-state index contributed by atoms with van der Waals surface area (Å²) in [5.74, 6) is -0.613. The number of ether oxygens (including phenoxy) is 1. The van der Waals surface area contributed by atoms with Gasteiger partial charge in [-0.15, -0.1) is 0 Å². The predicted octanol–water partition coefficient (Wildman–Crippen LogP) is 4.46. The number of carbonyl (C=O) groups excluding carboxylic acids is 1. The molecule has 142 valence electrons. The number of benzene rings is 2. The third-order valence-corrected chi connectivity index (χ3v) is 3.97. The van der Waals surface area contributed by atoms with Gasteiger partial charge in [-0.1, -0.05) is 57.8 Å². The van der Waals surface area contributed by atoms with E-state index in [9.17, 15) is 4.79 Å². The van der Waals surface area contributed by atoms with Crippen LogP contribution in [-0.4, -0.2) is 31.6 Å². The molecule has 0 radical (unpaired) electrons. The van der Waals surface area contributed by atoms with E-state index in [2.05, 4.69) is 10.3 Å². The van der Waals surface area contributed by atoms with Gasteiger partial charge in [0.15, 0.2) is 5.71 Å². The first-order valence-corrected chi connectivity index (χ1v) is 8.62. The molecule has 8 heteroatoms. The van der Waals surface area contributed by atoms with Crippen LogP contribution in [0.3, 0.4) is 0 Å². The Labute approximate surface area is 167 Å². The number of carbonyl (C=O) groups is 1. The van der Waals surface area contributed by atoms with Gasteiger partial charge in [0, 0.05) is 26.7 Å². The van der Waals surface area contributed by atoms with Gasteiger partial charge in [-0.2, -0.15) is 0 Å². The van der Waals surface area contributed by atoms with Crippen LogP contribution < -0.4 is 0 Å². The summed E-state index contributed by atoms with van der Waals surface area (Å²) in [5.41, 5.74) is 2.62. The standard InChI is InChI=1S/C19H18Cl2N2O4/c1-12(14-8-15(20)10-16(21)9-14)22-27-11-13-6-4-5-7-17(13)18(23-26-3)19(24)25-2/h4-10H,11H2,1-3H3/b22-12+,23-18+. The van der Waals surface area contributed by atoms with Crippen molar-refractivity contribution in [2.75, 3.05) is 14.2 Å². The van der Waals surface area contributed by atoms with Gasteiger partial charge in [-0.05, 0) is 25.1 Å². The Kier molecular flexibility index (Phi) is 7.64. The number of halogens is 2. The van der Waals surface area contributed by atoms with E-state index in [1.807, 2.05) is 6.07 Å². The third-order valence-electron chi connectivity index (χ3n) is 3.54. The number of oxime groups is 2. The minimum atomic E-state index is -0.613. The van der Waals surface area contributed by atoms with Gasteiger partial charge >= 0.3 is 5.97 Å². The van der Waals surface area contributed by atoms with Crippen molar-refractivity contribution >= 4 is 40.6 Å². The highest BCUT2D eigenvalue weighted by Gasteiger charge is 2.19. The summed E-state index contributed by atoms with van der Waals surface area (Å²) in [6, 6.07) is 12.2. The number of rotatable bonds is 7. The summed E-state index contributed by atoms with van der Waals surface area (Å²) < 4.78 is 4.75. The van der Waals surface area contributed by atoms with Crippen LogP contribution in [0.4, 0.5) is 0 Å². The van der Waals surface area contributed by atoms with Crippen molar-refractivity contribution in [3.05, 3.63) is 69.2 Å². The second-order valence-corrected chi connectivity index (χ2v) is 6.25. The Hall–Kier alpha value is -2.57. The van der Waals surface area contributed by atoms with E-state index in [-0.39, 0.29) is 12.3 Å². The Bertz CT molecular complexity index is 862. The Morgan fingerprint density at radius 3 is 2.33 bits per heavy atom. The number of nitrogens with zero attached hydrogens (tertiary/aromatic N) is 2. The minimum Gasteiger partial charge on any atom is -0.464 e. The van der Waals surface area contributed by atoms with Crippen LogP contribution in [0, 0.1) is 0 Å². The van der Waals surface area contributed by atoms with Crippen LogP contribution in [-0.2, 0) is 25.8 Å². The molecular weight excluding hydrogens is 391 g/mol. The van der Waals surface area contributed by atoms with Crippen molar-refractivity contribution < 1.29 is 19.2 Å². The number of esters is 1. The predicted molar refractivity (Wildman–Crippen MR) is 105 cm³/mol. The van der Waals surface area contributed by atoms with Gasteiger partial charge in [-0.3, -0.25) is 0 Å². The fraction of sp³-hybridized carbons (Fsp3) is 0.211. The molecule has 2 aromatic rings. The zero-order valence-electron chi connectivity index (χ0n) is 15.0. The van der Waals surface area contributed by atoms with E-state index >= 15 is 0 Å². The first kappa shape index (κ1) is 20.7. The summed E-state index contributed by atoms with van der Waals surface area (Å²) in [6.07, 6.45) is 0. The van der Waals surface area contributed by atoms with Gasteiger partial charge in [0.25, 0.3) is 0 Å². The molecule has 27 heavy (non-hydrogen) atoms. The molecule has 0 spiro atoms. The molecule has 0 aliphatic rings. The normalized spacial score (nSPS) is 11.9. The highest BCUT2D eigenvalue weighted by Crippen LogP contribution is 2.20. The molecule has 6 nitrogen and oxygen atoms in total. The van der Waals surface area contributed by atoms with E-state index < -0.39 is 5.97 Å². The molecule has 0 bridgehead atoms. The summed E-state index contributed by atoms with van der Waals surface area (Å²) in [7, 11) is 2.63. The highest BCUT2D eigenvalue weighted by molar-refractivity contribution is 6.43. The van der Waals surface area contributed by atoms with Gasteiger partial charge in [0.1, 0.15) is 13.7 Å². The molecule has 0 aromatic heterocycles. The molecule has 2 rings (SSSR count). The molecule has 0 amide bonds. The smallest absolute Gasteiger partial charge is 0.360 e. The lowest BCUT2D eigenvalue weighted by Crippen LogP contribution is -2.19. The lowest BCUT2D eigenvalue weighted by Gasteiger charge is -2.10. The zero-order valence-corrected chi connectivity index (χ0v) is 16.5. The Balaban J connectivity index is 2.21. The molecule has 0 saturated carbocycles. The highest BCUT2D eigenvalue weighted by atomic mass is 35.5. The lowest BCUT2D eigenvalue weighted by atomic mass is 10.0. The van der Waals surface area contributed by atoms with Crippen LogP contribution in [0.15, 0.2) is 52.8 Å². The van der Waals surface area contributed by atoms with Crippen molar-refractivity contribution in [2.45, 2.75) is 13.5 Å². The van der Waals surface area contributed by atoms with E-state index in [4.69, 9.17) is 37.6 Å². The van der Waals surface area contributed by atoms with Crippen molar-refractivity contribution in [1.29, 1.82) is 0 Å². The Morgan fingerprint density at radius 1 is 1.04 bits per heavy atom. The van der Waals surface area contributed by atoms with Gasteiger partial charge < -0.3 is 14.4 Å². The fourth-order valence-electron chi connectivity index (χ4n) is 2.28. The van der Waals surface area contributed by atoms with E-state index in [0.717, 1.165) is 5.56 Å². The van der Waals surface area contributed by atoms with Crippen molar-refractivity contribution in [2.24, 2.45) is 10.3 Å². The largest absolute Gasteiger partial charge is 0.464 e. The summed E-state index contributed by atoms with van der Waals surface area (Å²) in [4.78, 5) is 22.2. The monoisotopic (exact) mass is 408 g/mol. The molecule has 0 unspecified atom stereocenters. The molecular formula is C19H18Cl2N2O4. The second-order valence-electron chi connectivity index (χ2n) is 5.38. The van der Waals surface area contributed by atoms with Crippen LogP contribution in [0.1, 0.15) is 23.6 Å². The van der Waals surface area contributed by atoms with Crippen molar-refractivity contribution in [3.63, 3.8) is 0 Å². The average Bonchev–Trinajstić information content (AvgIpc) is 2.65. The van der Waals surface area contributed by atoms with E-state index in [1.165, 1.54) is 14.2 Å². The molecule has 0 atom stereocenters. The quantitative estimate of drug-likeness (QED) is 0.385. The van der Waals surface area contributed by atoms with E-state index in [0.29, 0.717) is 26.9 Å². The van der Waals surface area contributed by atoms with Gasteiger partial charge in [-0.25, -0.2) is 4.79 Å². The molecule has 0 N–H and O–H groups in total. The summed E-state index contributed by atoms with van der Waals surface area (Å²) in [6.45, 7) is 1.89. The molecule has 0 heterocycles. The van der Waals surface area contributed by atoms with Crippen LogP contribution in [0.5, 0.6) is 0 Å². The molecule has 2 aromatic carbocycles. The number of hydrogen-bond acceptors (Lipinski definition) is 6. The maximum atomic E-state index is 12.0. The van der Waals surface area contributed by atoms with Crippen LogP contribution in [0.25, 0.3) is 0 Å². The Morgan fingerprint density at radius 2 is 1.70 bits per heavy atom. The third kappa shape index (κ3) is 5.70. The van der Waals surface area contributed by atoms with E-state index in [1.54, 1.807) is 43.3 Å². The molecule has 0 fully saturated rings. The van der Waals surface area contributed by atoms with Crippen LogP contribution in [0.2, 0.25) is 10.0 Å². The van der Waals surface area contributed by atoms with Gasteiger partial charge in [0.2, 0.25) is 0 Å². The molecule has 0 aliphatic heterocycles. The SMILES string of the molecule is CO/N=C(/C(=O)OC)c1ccccc1CO/N=C(\C)c1cc(Cl)cc(Cl)c1. The molecule has 0 saturated heterocycles. The van der Waals surface area contributed by atoms with Gasteiger partial charge in [0.05, 0.1) is 12.8 Å². The summed E-state index contributed by atoms with van der Waals surface area (Å²) in [5, 5.41) is 8.87. The summed E-state index contributed by atoms with van der Waals surface area (Å²) >= 11 is 12.0. The maximum absolute atomic E-state index is 12.0. The average molecular weight is 409 g/mol. The number of methoxy groups -OCH3 is 1. The molecule has 0 aliphatic carbocycles. The lowest BCUT2D eigenvalue weighted by molar-refractivity contribution is -0.132.